The highest BCUT2D eigenvalue weighted by Crippen LogP contribution is 2.42. The summed E-state index contributed by atoms with van der Waals surface area (Å²) in [4.78, 5) is 11.1. The molecular formula is C10H9F3N2O. The van der Waals surface area contributed by atoms with Crippen LogP contribution in [-0.2, 0) is 5.66 Å². The molecule has 0 bridgehead atoms. The topological polar surface area (TPSA) is 61.0 Å². The van der Waals surface area contributed by atoms with E-state index in [1.165, 1.54) is 31.2 Å². The van der Waals surface area contributed by atoms with Crippen molar-refractivity contribution < 1.29 is 18.0 Å². The molecule has 86 valence electrons. The molecule has 0 radical (unpaired) electrons. The summed E-state index contributed by atoms with van der Waals surface area (Å²) in [5.41, 5.74) is 2.23. The number of alkyl halides is 3. The van der Waals surface area contributed by atoms with Gasteiger partial charge in [0.05, 0.1) is 0 Å². The summed E-state index contributed by atoms with van der Waals surface area (Å²) in [6.45, 7) is 1.31. The minimum atomic E-state index is -4.44. The van der Waals surface area contributed by atoms with Crippen LogP contribution in [0.1, 0.15) is 22.8 Å². The molecule has 1 saturated heterocycles. The van der Waals surface area contributed by atoms with Crippen LogP contribution < -0.4 is 10.9 Å². The van der Waals surface area contributed by atoms with Crippen molar-refractivity contribution in [1.29, 1.82) is 0 Å². The number of nitrogens with one attached hydrogen (secondary N) is 2. The molecule has 1 aliphatic rings. The van der Waals surface area contributed by atoms with E-state index in [2.05, 4.69) is 10.9 Å². The van der Waals surface area contributed by atoms with E-state index in [1.54, 1.807) is 0 Å². The van der Waals surface area contributed by atoms with E-state index in [4.69, 9.17) is 0 Å². The largest absolute Gasteiger partial charge is 0.426 e. The van der Waals surface area contributed by atoms with Crippen LogP contribution in [-0.4, -0.2) is 12.0 Å². The number of hydrazine groups is 1. The Hall–Kier alpha value is -1.40. The molecule has 1 heterocycles. The Morgan fingerprint density at radius 3 is 2.38 bits per heavy atom. The molecule has 0 atom stereocenters. The lowest BCUT2D eigenvalue weighted by Gasteiger charge is -2.16. The third-order valence-electron chi connectivity index (χ3n) is 2.50. The van der Waals surface area contributed by atoms with Crippen LogP contribution in [0.25, 0.3) is 0 Å². The highest BCUT2D eigenvalue weighted by molar-refractivity contribution is 5.94. The number of hydrogen-bond donors (Lipinski definition) is 2. The first-order valence-electron chi connectivity index (χ1n) is 4.59. The van der Waals surface area contributed by atoms with Gasteiger partial charge in [0.15, 0.2) is 5.78 Å². The van der Waals surface area contributed by atoms with Crippen molar-refractivity contribution in [1.82, 2.24) is 10.9 Å². The molecule has 0 aromatic heterocycles. The van der Waals surface area contributed by atoms with Gasteiger partial charge in [-0.05, 0) is 18.6 Å². The van der Waals surface area contributed by atoms with Crippen LogP contribution >= 0.6 is 0 Å². The zero-order valence-electron chi connectivity index (χ0n) is 8.35. The van der Waals surface area contributed by atoms with Crippen LogP contribution in [0.4, 0.5) is 13.2 Å². The van der Waals surface area contributed by atoms with Crippen molar-refractivity contribution in [3.8, 4) is 0 Å². The SMILES string of the molecule is CC(=O)c1cccc(C2(C(F)(F)F)NN2)c1. The van der Waals surface area contributed by atoms with E-state index in [1.807, 2.05) is 0 Å². The van der Waals surface area contributed by atoms with Crippen molar-refractivity contribution in [3.05, 3.63) is 35.4 Å². The van der Waals surface area contributed by atoms with Crippen LogP contribution in [0.3, 0.4) is 0 Å². The standard InChI is InChI=1S/C10H9F3N2O/c1-6(16)7-3-2-4-8(5-7)9(14-15-9)10(11,12)13/h2-5,14-15H,1H3. The predicted molar refractivity (Wildman–Crippen MR) is 50.5 cm³/mol. The zero-order chi connectivity index (χ0) is 12.0. The maximum Gasteiger partial charge on any atom is 0.426 e. The number of carbonyl (C=O) groups excluding carboxylic acids is 1. The third-order valence-corrected chi connectivity index (χ3v) is 2.50. The smallest absolute Gasteiger partial charge is 0.295 e. The molecule has 0 aliphatic carbocycles. The molecule has 1 fully saturated rings. The second-order valence-corrected chi connectivity index (χ2v) is 3.63. The fraction of sp³-hybridized carbons (Fsp3) is 0.300. The van der Waals surface area contributed by atoms with Gasteiger partial charge in [0.2, 0.25) is 5.66 Å². The molecule has 2 N–H and O–H groups in total. The summed E-state index contributed by atoms with van der Waals surface area (Å²) < 4.78 is 38.1. The number of benzene rings is 1. The Labute approximate surface area is 89.6 Å². The Morgan fingerprint density at radius 1 is 1.31 bits per heavy atom. The molecule has 1 aliphatic heterocycles. The average molecular weight is 230 g/mol. The second kappa shape index (κ2) is 3.29. The fourth-order valence-electron chi connectivity index (χ4n) is 1.48. The van der Waals surface area contributed by atoms with E-state index in [0.717, 1.165) is 0 Å². The second-order valence-electron chi connectivity index (χ2n) is 3.63. The summed E-state index contributed by atoms with van der Waals surface area (Å²) >= 11 is 0. The molecular weight excluding hydrogens is 221 g/mol. The zero-order valence-corrected chi connectivity index (χ0v) is 8.35. The molecule has 0 saturated carbocycles. The Morgan fingerprint density at radius 2 is 1.94 bits per heavy atom. The summed E-state index contributed by atoms with van der Waals surface area (Å²) in [7, 11) is 0. The summed E-state index contributed by atoms with van der Waals surface area (Å²) in [5, 5.41) is 0. The van der Waals surface area contributed by atoms with Crippen molar-refractivity contribution >= 4 is 5.78 Å². The average Bonchev–Trinajstić information content (AvgIpc) is 2.97. The number of rotatable bonds is 2. The number of ketones is 1. The first-order chi connectivity index (χ1) is 7.37. The Kier molecular flexibility index (Phi) is 2.28. The monoisotopic (exact) mass is 230 g/mol. The molecule has 0 unspecified atom stereocenters. The molecule has 6 heteroatoms. The van der Waals surface area contributed by atoms with Crippen LogP contribution in [0, 0.1) is 0 Å². The highest BCUT2D eigenvalue weighted by atomic mass is 19.4. The van der Waals surface area contributed by atoms with Crippen molar-refractivity contribution in [3.63, 3.8) is 0 Å². The van der Waals surface area contributed by atoms with E-state index in [-0.39, 0.29) is 16.9 Å². The Balaban J connectivity index is 2.42. The van der Waals surface area contributed by atoms with E-state index in [9.17, 15) is 18.0 Å². The maximum atomic E-state index is 12.7. The van der Waals surface area contributed by atoms with Gasteiger partial charge in [0.1, 0.15) is 0 Å². The molecule has 2 rings (SSSR count). The fourth-order valence-corrected chi connectivity index (χ4v) is 1.48. The van der Waals surface area contributed by atoms with Crippen LogP contribution in [0.2, 0.25) is 0 Å². The van der Waals surface area contributed by atoms with Crippen molar-refractivity contribution in [2.24, 2.45) is 0 Å². The first-order valence-corrected chi connectivity index (χ1v) is 4.59. The number of hydrogen-bond acceptors (Lipinski definition) is 3. The van der Waals surface area contributed by atoms with Crippen LogP contribution in [0.5, 0.6) is 0 Å². The van der Waals surface area contributed by atoms with E-state index < -0.39 is 11.8 Å². The van der Waals surface area contributed by atoms with Gasteiger partial charge in [-0.1, -0.05) is 18.2 Å². The summed E-state index contributed by atoms with van der Waals surface area (Å²) in [6, 6.07) is 5.48. The quantitative estimate of drug-likeness (QED) is 0.600. The number of halogens is 3. The van der Waals surface area contributed by atoms with E-state index >= 15 is 0 Å². The van der Waals surface area contributed by atoms with Gasteiger partial charge < -0.3 is 0 Å². The maximum absolute atomic E-state index is 12.7. The molecule has 16 heavy (non-hydrogen) atoms. The molecule has 1 aromatic rings. The molecule has 0 spiro atoms. The highest BCUT2D eigenvalue weighted by Gasteiger charge is 2.65. The first kappa shape index (κ1) is 11.1. The molecule has 1 aromatic carbocycles. The third kappa shape index (κ3) is 1.60. The molecule has 3 nitrogen and oxygen atoms in total. The predicted octanol–water partition coefficient (Wildman–Crippen LogP) is 1.71. The number of carbonyl (C=O) groups is 1. The minimum absolute atomic E-state index is 0.00676. The van der Waals surface area contributed by atoms with Crippen molar-refractivity contribution in [2.45, 2.75) is 18.8 Å². The molecule has 0 amide bonds. The normalized spacial score (nSPS) is 18.2. The van der Waals surface area contributed by atoms with Gasteiger partial charge in [-0.2, -0.15) is 13.2 Å². The lowest BCUT2D eigenvalue weighted by atomic mass is 10.00. The lowest BCUT2D eigenvalue weighted by molar-refractivity contribution is -0.165. The van der Waals surface area contributed by atoms with Gasteiger partial charge in [0.25, 0.3) is 0 Å². The van der Waals surface area contributed by atoms with Crippen LogP contribution in [0.15, 0.2) is 24.3 Å². The van der Waals surface area contributed by atoms with Gasteiger partial charge in [-0.15, -0.1) is 0 Å². The summed E-state index contributed by atoms with van der Waals surface area (Å²) in [5.74, 6) is -0.264. The minimum Gasteiger partial charge on any atom is -0.295 e. The van der Waals surface area contributed by atoms with E-state index in [0.29, 0.717) is 0 Å². The van der Waals surface area contributed by atoms with Crippen molar-refractivity contribution in [2.75, 3.05) is 0 Å². The van der Waals surface area contributed by atoms with Gasteiger partial charge >= 0.3 is 6.18 Å². The summed E-state index contributed by atoms with van der Waals surface area (Å²) in [6.07, 6.45) is -4.44. The number of Topliss-reactive ketones (excluding diaryl/α,β-unsaturated/α-hetero) is 1. The van der Waals surface area contributed by atoms with Gasteiger partial charge in [0, 0.05) is 5.56 Å². The lowest BCUT2D eigenvalue weighted by Crippen LogP contribution is -2.34. The van der Waals surface area contributed by atoms with Gasteiger partial charge in [-0.25, -0.2) is 10.9 Å². The Bertz CT molecular complexity index is 438. The van der Waals surface area contributed by atoms with Gasteiger partial charge in [-0.3, -0.25) is 4.79 Å².